The van der Waals surface area contributed by atoms with Crippen LogP contribution in [0.4, 0.5) is 19.0 Å². The van der Waals surface area contributed by atoms with Gasteiger partial charge in [0.05, 0.1) is 5.56 Å². The number of hydrogen-bond acceptors (Lipinski definition) is 4. The molecule has 0 saturated heterocycles. The van der Waals surface area contributed by atoms with Crippen molar-refractivity contribution in [3.8, 4) is 0 Å². The maximum absolute atomic E-state index is 11.9. The van der Waals surface area contributed by atoms with E-state index in [0.29, 0.717) is 11.4 Å². The SMILES string of the molecule is CN(C)C(=O)c1ccc(NCCSC(F)(F)F)nc1. The number of aromatic nitrogens is 1. The number of carbonyl (C=O) groups excluding carboxylic acids is 1. The molecule has 0 aliphatic rings. The summed E-state index contributed by atoms with van der Waals surface area (Å²) in [6.45, 7) is 0.151. The fraction of sp³-hybridized carbons (Fsp3) is 0.455. The number of rotatable bonds is 5. The standard InChI is InChI=1S/C11H14F3N3OS/c1-17(2)10(18)8-3-4-9(16-7-8)15-5-6-19-11(12,13)14/h3-4,7H,5-6H2,1-2H3,(H,15,16). The number of carbonyl (C=O) groups is 1. The molecule has 0 aliphatic carbocycles. The first-order chi connectivity index (χ1) is 8.79. The summed E-state index contributed by atoms with van der Waals surface area (Å²) in [7, 11) is 3.26. The van der Waals surface area contributed by atoms with Crippen molar-refractivity contribution in [2.75, 3.05) is 31.7 Å². The quantitative estimate of drug-likeness (QED) is 0.847. The van der Waals surface area contributed by atoms with Crippen LogP contribution < -0.4 is 5.32 Å². The van der Waals surface area contributed by atoms with E-state index in [1.807, 2.05) is 0 Å². The van der Waals surface area contributed by atoms with Crippen LogP contribution in [0.5, 0.6) is 0 Å². The molecule has 19 heavy (non-hydrogen) atoms. The second-order valence-electron chi connectivity index (χ2n) is 3.85. The number of anilines is 1. The molecule has 1 aromatic heterocycles. The molecule has 0 radical (unpaired) electrons. The third-order valence-electron chi connectivity index (χ3n) is 2.09. The highest BCUT2D eigenvalue weighted by Crippen LogP contribution is 2.29. The fourth-order valence-corrected chi connectivity index (χ4v) is 1.66. The van der Waals surface area contributed by atoms with Crippen molar-refractivity contribution in [2.45, 2.75) is 5.51 Å². The summed E-state index contributed by atoms with van der Waals surface area (Å²) < 4.78 is 35.6. The summed E-state index contributed by atoms with van der Waals surface area (Å²) in [6, 6.07) is 3.14. The van der Waals surface area contributed by atoms with Crippen LogP contribution in [0.2, 0.25) is 0 Å². The van der Waals surface area contributed by atoms with Crippen molar-refractivity contribution >= 4 is 23.5 Å². The highest BCUT2D eigenvalue weighted by molar-refractivity contribution is 8.00. The van der Waals surface area contributed by atoms with Gasteiger partial charge in [-0.2, -0.15) is 13.2 Å². The lowest BCUT2D eigenvalue weighted by Crippen LogP contribution is -2.21. The largest absolute Gasteiger partial charge is 0.441 e. The van der Waals surface area contributed by atoms with E-state index in [1.165, 1.54) is 11.1 Å². The second-order valence-corrected chi connectivity index (χ2v) is 5.01. The van der Waals surface area contributed by atoms with Crippen molar-refractivity contribution in [3.05, 3.63) is 23.9 Å². The first kappa shape index (κ1) is 15.6. The fourth-order valence-electron chi connectivity index (χ4n) is 1.23. The zero-order valence-electron chi connectivity index (χ0n) is 10.5. The number of hydrogen-bond donors (Lipinski definition) is 1. The number of nitrogens with one attached hydrogen (secondary N) is 1. The molecule has 0 aromatic carbocycles. The Morgan fingerprint density at radius 2 is 2.11 bits per heavy atom. The summed E-state index contributed by atoms with van der Waals surface area (Å²) >= 11 is -0.0863. The smallest absolute Gasteiger partial charge is 0.369 e. The van der Waals surface area contributed by atoms with Crippen LogP contribution >= 0.6 is 11.8 Å². The normalized spacial score (nSPS) is 11.2. The van der Waals surface area contributed by atoms with Crippen LogP contribution in [0, 0.1) is 0 Å². The topological polar surface area (TPSA) is 45.2 Å². The van der Waals surface area contributed by atoms with E-state index < -0.39 is 5.51 Å². The number of halogens is 3. The average Bonchev–Trinajstić information content (AvgIpc) is 2.33. The van der Waals surface area contributed by atoms with Gasteiger partial charge in [-0.3, -0.25) is 4.79 Å². The van der Waals surface area contributed by atoms with Gasteiger partial charge in [0.15, 0.2) is 0 Å². The van der Waals surface area contributed by atoms with Gasteiger partial charge in [-0.25, -0.2) is 4.98 Å². The summed E-state index contributed by atoms with van der Waals surface area (Å²) in [5.74, 6) is 0.175. The molecule has 0 aliphatic heterocycles. The zero-order valence-corrected chi connectivity index (χ0v) is 11.3. The van der Waals surface area contributed by atoms with Crippen LogP contribution in [0.25, 0.3) is 0 Å². The van der Waals surface area contributed by atoms with Gasteiger partial charge in [-0.15, -0.1) is 0 Å². The molecule has 0 bridgehead atoms. The minimum atomic E-state index is -4.21. The summed E-state index contributed by atoms with van der Waals surface area (Å²) in [5, 5.41) is 2.76. The van der Waals surface area contributed by atoms with Crippen molar-refractivity contribution < 1.29 is 18.0 Å². The number of alkyl halides is 3. The Labute approximate surface area is 113 Å². The summed E-state index contributed by atoms with van der Waals surface area (Å²) in [6.07, 6.45) is 1.39. The predicted molar refractivity (Wildman–Crippen MR) is 69.3 cm³/mol. The number of pyridine rings is 1. The predicted octanol–water partition coefficient (Wildman–Crippen LogP) is 2.45. The van der Waals surface area contributed by atoms with Crippen LogP contribution in [-0.4, -0.2) is 47.7 Å². The molecule has 1 heterocycles. The molecule has 0 unspecified atom stereocenters. The molecule has 0 fully saturated rings. The molecule has 4 nitrogen and oxygen atoms in total. The minimum absolute atomic E-state index is 0.0863. The molecule has 1 amide bonds. The lowest BCUT2D eigenvalue weighted by atomic mass is 10.2. The number of nitrogens with zero attached hydrogens (tertiary/aromatic N) is 2. The first-order valence-corrected chi connectivity index (χ1v) is 6.40. The van der Waals surface area contributed by atoms with Crippen LogP contribution in [-0.2, 0) is 0 Å². The molecule has 1 rings (SSSR count). The van der Waals surface area contributed by atoms with Crippen molar-refractivity contribution in [2.24, 2.45) is 0 Å². The van der Waals surface area contributed by atoms with Gasteiger partial charge >= 0.3 is 5.51 Å². The maximum atomic E-state index is 11.9. The molecule has 106 valence electrons. The third kappa shape index (κ3) is 5.82. The van der Waals surface area contributed by atoms with Crippen molar-refractivity contribution in [3.63, 3.8) is 0 Å². The van der Waals surface area contributed by atoms with Gasteiger partial charge in [0.2, 0.25) is 0 Å². The highest BCUT2D eigenvalue weighted by Gasteiger charge is 2.27. The Kier molecular flexibility index (Phi) is 5.46. The lowest BCUT2D eigenvalue weighted by Gasteiger charge is -2.11. The Bertz CT molecular complexity index is 420. The first-order valence-electron chi connectivity index (χ1n) is 5.42. The third-order valence-corrected chi connectivity index (χ3v) is 2.83. The zero-order chi connectivity index (χ0) is 14.5. The van der Waals surface area contributed by atoms with Crippen molar-refractivity contribution in [1.82, 2.24) is 9.88 Å². The number of amides is 1. The second kappa shape index (κ2) is 6.65. The van der Waals surface area contributed by atoms with Gasteiger partial charge in [-0.1, -0.05) is 0 Å². The minimum Gasteiger partial charge on any atom is -0.369 e. The van der Waals surface area contributed by atoms with Crippen LogP contribution in [0.15, 0.2) is 18.3 Å². The summed E-state index contributed by atoms with van der Waals surface area (Å²) in [4.78, 5) is 17.0. The molecule has 8 heteroatoms. The van der Waals surface area contributed by atoms with Crippen LogP contribution in [0.1, 0.15) is 10.4 Å². The van der Waals surface area contributed by atoms with E-state index in [0.717, 1.165) is 0 Å². The lowest BCUT2D eigenvalue weighted by molar-refractivity contribution is -0.0327. The monoisotopic (exact) mass is 293 g/mol. The molecule has 0 atom stereocenters. The molecule has 0 saturated carbocycles. The van der Waals surface area contributed by atoms with E-state index in [1.54, 1.807) is 26.2 Å². The van der Waals surface area contributed by atoms with Gasteiger partial charge in [0, 0.05) is 32.6 Å². The van der Waals surface area contributed by atoms with E-state index >= 15 is 0 Å². The highest BCUT2D eigenvalue weighted by atomic mass is 32.2. The number of thioether (sulfide) groups is 1. The Hall–Kier alpha value is -1.44. The molecule has 0 spiro atoms. The maximum Gasteiger partial charge on any atom is 0.441 e. The molecular weight excluding hydrogens is 279 g/mol. The Morgan fingerprint density at radius 1 is 1.42 bits per heavy atom. The van der Waals surface area contributed by atoms with E-state index in [4.69, 9.17) is 0 Å². The van der Waals surface area contributed by atoms with E-state index in [9.17, 15) is 18.0 Å². The van der Waals surface area contributed by atoms with Gasteiger partial charge in [0.25, 0.3) is 5.91 Å². The average molecular weight is 293 g/mol. The Balaban J connectivity index is 2.43. The Morgan fingerprint density at radius 3 is 2.58 bits per heavy atom. The van der Waals surface area contributed by atoms with Gasteiger partial charge in [0.1, 0.15) is 5.82 Å². The molecular formula is C11H14F3N3OS. The van der Waals surface area contributed by atoms with E-state index in [-0.39, 0.29) is 30.0 Å². The van der Waals surface area contributed by atoms with Crippen molar-refractivity contribution in [1.29, 1.82) is 0 Å². The molecule has 1 N–H and O–H groups in total. The van der Waals surface area contributed by atoms with E-state index in [2.05, 4.69) is 10.3 Å². The van der Waals surface area contributed by atoms with Gasteiger partial charge < -0.3 is 10.2 Å². The van der Waals surface area contributed by atoms with Gasteiger partial charge in [-0.05, 0) is 23.9 Å². The summed E-state index contributed by atoms with van der Waals surface area (Å²) in [5.41, 5.74) is -3.78. The molecule has 1 aromatic rings. The van der Waals surface area contributed by atoms with Crippen LogP contribution in [0.3, 0.4) is 0 Å².